The molecule has 0 saturated carbocycles. The number of H-pyrrole nitrogens is 1. The van der Waals surface area contributed by atoms with Gasteiger partial charge in [-0.3, -0.25) is 9.89 Å². The molecule has 88 valence electrons. The minimum atomic E-state index is -0.159. The fourth-order valence-electron chi connectivity index (χ4n) is 1.55. The Labute approximate surface area is 99.0 Å². The highest BCUT2D eigenvalue weighted by molar-refractivity contribution is 6.03. The average molecular weight is 230 g/mol. The van der Waals surface area contributed by atoms with Gasteiger partial charge >= 0.3 is 0 Å². The molecule has 1 amide bonds. The van der Waals surface area contributed by atoms with Gasteiger partial charge in [0, 0.05) is 11.6 Å². The first-order chi connectivity index (χ1) is 8.29. The zero-order valence-corrected chi connectivity index (χ0v) is 9.31. The molecule has 2 rings (SSSR count). The van der Waals surface area contributed by atoms with Gasteiger partial charge in [-0.2, -0.15) is 5.10 Å². The number of hydrogen-bond donors (Lipinski definition) is 3. The number of aromatic amines is 1. The maximum Gasteiger partial charge on any atom is 0.256 e. The van der Waals surface area contributed by atoms with Crippen LogP contribution in [0, 0.1) is 0 Å². The van der Waals surface area contributed by atoms with Crippen LogP contribution in [0.3, 0.4) is 0 Å². The monoisotopic (exact) mass is 230 g/mol. The van der Waals surface area contributed by atoms with Crippen molar-refractivity contribution in [2.45, 2.75) is 6.42 Å². The lowest BCUT2D eigenvalue weighted by Crippen LogP contribution is -2.13. The zero-order chi connectivity index (χ0) is 12.1. The fraction of sp³-hybridized carbons (Fsp3) is 0.167. The van der Waals surface area contributed by atoms with Crippen LogP contribution < -0.4 is 11.1 Å². The number of anilines is 1. The van der Waals surface area contributed by atoms with E-state index in [0.29, 0.717) is 17.9 Å². The van der Waals surface area contributed by atoms with Crippen molar-refractivity contribution in [3.8, 4) is 0 Å². The fourth-order valence-corrected chi connectivity index (χ4v) is 1.55. The van der Waals surface area contributed by atoms with Gasteiger partial charge in [-0.25, -0.2) is 0 Å². The van der Waals surface area contributed by atoms with Crippen LogP contribution in [-0.4, -0.2) is 22.6 Å². The van der Waals surface area contributed by atoms with Crippen molar-refractivity contribution in [3.63, 3.8) is 0 Å². The minimum absolute atomic E-state index is 0.159. The van der Waals surface area contributed by atoms with E-state index >= 15 is 0 Å². The Balaban J connectivity index is 2.11. The predicted molar refractivity (Wildman–Crippen MR) is 65.7 cm³/mol. The van der Waals surface area contributed by atoms with Crippen molar-refractivity contribution in [3.05, 3.63) is 47.7 Å². The molecule has 0 bridgehead atoms. The molecular formula is C12H14N4O. The number of amides is 1. The molecule has 0 saturated heterocycles. The van der Waals surface area contributed by atoms with E-state index in [9.17, 15) is 4.79 Å². The minimum Gasteiger partial charge on any atom is -0.330 e. The Morgan fingerprint density at radius 2 is 2.29 bits per heavy atom. The third-order valence-corrected chi connectivity index (χ3v) is 2.37. The molecule has 0 aliphatic rings. The number of carbonyl (C=O) groups excluding carboxylic acids is 1. The summed E-state index contributed by atoms with van der Waals surface area (Å²) in [6, 6.07) is 9.12. The Morgan fingerprint density at radius 1 is 1.41 bits per heavy atom. The van der Waals surface area contributed by atoms with E-state index < -0.39 is 0 Å². The first kappa shape index (κ1) is 11.3. The van der Waals surface area contributed by atoms with Crippen molar-refractivity contribution in [2.75, 3.05) is 11.9 Å². The summed E-state index contributed by atoms with van der Waals surface area (Å²) in [7, 11) is 0. The van der Waals surface area contributed by atoms with E-state index in [1.807, 2.05) is 18.2 Å². The van der Waals surface area contributed by atoms with E-state index in [1.165, 1.54) is 0 Å². The number of carbonyl (C=O) groups is 1. The summed E-state index contributed by atoms with van der Waals surface area (Å²) in [6.07, 6.45) is 2.35. The lowest BCUT2D eigenvalue weighted by Gasteiger charge is -2.04. The number of nitrogens with one attached hydrogen (secondary N) is 2. The summed E-state index contributed by atoms with van der Waals surface area (Å²) in [4.78, 5) is 11.9. The Hall–Kier alpha value is -2.14. The van der Waals surface area contributed by atoms with Crippen LogP contribution in [0.1, 0.15) is 15.9 Å². The van der Waals surface area contributed by atoms with E-state index in [-0.39, 0.29) is 5.91 Å². The largest absolute Gasteiger partial charge is 0.330 e. The van der Waals surface area contributed by atoms with Gasteiger partial charge in [0.1, 0.15) is 5.82 Å². The number of nitrogens with zero attached hydrogens (tertiary/aromatic N) is 1. The predicted octanol–water partition coefficient (Wildman–Crippen LogP) is 1.16. The Kier molecular flexibility index (Phi) is 3.52. The quantitative estimate of drug-likeness (QED) is 0.737. The maximum absolute atomic E-state index is 11.9. The molecule has 4 N–H and O–H groups in total. The molecule has 0 unspecified atom stereocenters. The van der Waals surface area contributed by atoms with Crippen LogP contribution in [0.5, 0.6) is 0 Å². The van der Waals surface area contributed by atoms with Gasteiger partial charge in [0.2, 0.25) is 0 Å². The second-order valence-electron chi connectivity index (χ2n) is 3.66. The molecule has 0 aliphatic heterocycles. The van der Waals surface area contributed by atoms with E-state index in [2.05, 4.69) is 15.5 Å². The van der Waals surface area contributed by atoms with Crippen molar-refractivity contribution >= 4 is 11.7 Å². The maximum atomic E-state index is 11.9. The first-order valence-electron chi connectivity index (χ1n) is 5.39. The van der Waals surface area contributed by atoms with Crippen molar-refractivity contribution < 1.29 is 4.79 Å². The van der Waals surface area contributed by atoms with Crippen molar-refractivity contribution in [2.24, 2.45) is 5.73 Å². The number of benzene rings is 1. The van der Waals surface area contributed by atoms with Gasteiger partial charge in [0.05, 0.1) is 6.20 Å². The molecule has 0 spiro atoms. The van der Waals surface area contributed by atoms with Crippen LogP contribution in [0.4, 0.5) is 5.82 Å². The van der Waals surface area contributed by atoms with Gasteiger partial charge < -0.3 is 11.1 Å². The number of nitrogens with two attached hydrogens (primary N) is 1. The number of hydrogen-bond acceptors (Lipinski definition) is 3. The van der Waals surface area contributed by atoms with Gasteiger partial charge in [0.25, 0.3) is 5.91 Å². The summed E-state index contributed by atoms with van der Waals surface area (Å²) in [5.74, 6) is 0.423. The Morgan fingerprint density at radius 3 is 3.00 bits per heavy atom. The molecule has 0 aliphatic carbocycles. The topological polar surface area (TPSA) is 83.8 Å². The van der Waals surface area contributed by atoms with Gasteiger partial charge in [-0.1, -0.05) is 12.1 Å². The second kappa shape index (κ2) is 5.27. The first-order valence-corrected chi connectivity index (χ1v) is 5.39. The van der Waals surface area contributed by atoms with Crippen LogP contribution in [0.25, 0.3) is 0 Å². The van der Waals surface area contributed by atoms with Crippen molar-refractivity contribution in [1.29, 1.82) is 0 Å². The smallest absolute Gasteiger partial charge is 0.256 e. The standard InChI is InChI=1S/C12H14N4O/c13-6-4-9-2-1-3-10(8-9)12(17)15-11-5-7-14-16-11/h1-3,5,7-8H,4,6,13H2,(H2,14,15,16,17). The SMILES string of the molecule is NCCc1cccc(C(=O)Nc2ccn[nH]2)c1. The number of aromatic nitrogens is 2. The van der Waals surface area contributed by atoms with Crippen LogP contribution in [0.2, 0.25) is 0 Å². The normalized spacial score (nSPS) is 10.2. The highest BCUT2D eigenvalue weighted by Gasteiger charge is 2.06. The Bertz CT molecular complexity index is 493. The van der Waals surface area contributed by atoms with Crippen LogP contribution >= 0.6 is 0 Å². The summed E-state index contributed by atoms with van der Waals surface area (Å²) >= 11 is 0. The molecule has 17 heavy (non-hydrogen) atoms. The molecule has 1 aromatic carbocycles. The molecule has 0 atom stereocenters. The second-order valence-corrected chi connectivity index (χ2v) is 3.66. The van der Waals surface area contributed by atoms with E-state index in [1.54, 1.807) is 18.3 Å². The average Bonchev–Trinajstić information content (AvgIpc) is 2.83. The van der Waals surface area contributed by atoms with Crippen LogP contribution in [-0.2, 0) is 6.42 Å². The third kappa shape index (κ3) is 2.92. The molecule has 5 heteroatoms. The molecule has 0 radical (unpaired) electrons. The lowest BCUT2D eigenvalue weighted by molar-refractivity contribution is 0.102. The molecular weight excluding hydrogens is 216 g/mol. The lowest BCUT2D eigenvalue weighted by atomic mass is 10.1. The summed E-state index contributed by atoms with van der Waals surface area (Å²) < 4.78 is 0. The molecule has 5 nitrogen and oxygen atoms in total. The van der Waals surface area contributed by atoms with E-state index in [0.717, 1.165) is 12.0 Å². The van der Waals surface area contributed by atoms with Gasteiger partial charge in [0.15, 0.2) is 0 Å². The molecule has 0 fully saturated rings. The van der Waals surface area contributed by atoms with Crippen molar-refractivity contribution in [1.82, 2.24) is 10.2 Å². The number of rotatable bonds is 4. The summed E-state index contributed by atoms with van der Waals surface area (Å²) in [6.45, 7) is 0.575. The van der Waals surface area contributed by atoms with Crippen LogP contribution in [0.15, 0.2) is 36.5 Å². The summed E-state index contributed by atoms with van der Waals surface area (Å²) in [5, 5.41) is 9.15. The molecule has 1 aromatic heterocycles. The zero-order valence-electron chi connectivity index (χ0n) is 9.31. The van der Waals surface area contributed by atoms with E-state index in [4.69, 9.17) is 5.73 Å². The molecule has 1 heterocycles. The highest BCUT2D eigenvalue weighted by Crippen LogP contribution is 2.08. The summed E-state index contributed by atoms with van der Waals surface area (Å²) in [5.41, 5.74) is 7.16. The highest BCUT2D eigenvalue weighted by atomic mass is 16.1. The van der Waals surface area contributed by atoms with Gasteiger partial charge in [-0.15, -0.1) is 0 Å². The third-order valence-electron chi connectivity index (χ3n) is 2.37. The molecule has 2 aromatic rings. The van der Waals surface area contributed by atoms with Gasteiger partial charge in [-0.05, 0) is 30.7 Å².